The second kappa shape index (κ2) is 16.2. The lowest BCUT2D eigenvalue weighted by molar-refractivity contribution is 0.999. The molecule has 9 aromatic rings. The molecule has 0 fully saturated rings. The molecule has 0 amide bonds. The summed E-state index contributed by atoms with van der Waals surface area (Å²) in [5.74, 6) is 0.749. The Kier molecular flexibility index (Phi) is 10.1. The van der Waals surface area contributed by atoms with Gasteiger partial charge in [-0.05, 0) is 80.6 Å². The molecule has 57 heavy (non-hydrogen) atoms. The molecule has 0 saturated carbocycles. The van der Waals surface area contributed by atoms with Crippen LogP contribution in [0.15, 0.2) is 200 Å². The van der Waals surface area contributed by atoms with Crippen molar-refractivity contribution in [1.29, 1.82) is 0 Å². The number of pyridine rings is 2. The fourth-order valence-corrected chi connectivity index (χ4v) is 7.56. The highest BCUT2D eigenvalue weighted by molar-refractivity contribution is 6.01. The summed E-state index contributed by atoms with van der Waals surface area (Å²) in [6.45, 7) is 2.24. The monoisotopic (exact) mass is 732 g/mol. The van der Waals surface area contributed by atoms with Gasteiger partial charge in [0.2, 0.25) is 0 Å². The van der Waals surface area contributed by atoms with Crippen molar-refractivity contribution in [2.75, 3.05) is 0 Å². The molecule has 0 aliphatic rings. The van der Waals surface area contributed by atoms with Crippen LogP contribution in [0.4, 0.5) is 0 Å². The Morgan fingerprint density at radius 3 is 1.42 bits per heavy atom. The van der Waals surface area contributed by atoms with Gasteiger partial charge in [0, 0.05) is 41.1 Å². The zero-order valence-corrected chi connectivity index (χ0v) is 31.8. The maximum absolute atomic E-state index is 5.22. The van der Waals surface area contributed by atoms with Crippen molar-refractivity contribution in [3.05, 3.63) is 217 Å². The van der Waals surface area contributed by atoms with E-state index in [0.717, 1.165) is 62.8 Å². The van der Waals surface area contributed by atoms with E-state index in [1.165, 1.54) is 38.2 Å². The van der Waals surface area contributed by atoms with Crippen molar-refractivity contribution >= 4 is 32.7 Å². The second-order valence-corrected chi connectivity index (χ2v) is 14.1. The topological polar surface area (TPSA) is 51.6 Å². The lowest BCUT2D eigenvalue weighted by atomic mass is 9.91. The molecule has 3 heterocycles. The largest absolute Gasteiger partial charge is 0.256 e. The predicted octanol–water partition coefficient (Wildman–Crippen LogP) is 13.4. The van der Waals surface area contributed by atoms with Crippen molar-refractivity contribution in [2.24, 2.45) is 0 Å². The molecule has 9 rings (SSSR count). The van der Waals surface area contributed by atoms with Crippen LogP contribution in [0, 0.1) is 0 Å². The van der Waals surface area contributed by atoms with Crippen LogP contribution in [-0.4, -0.2) is 19.9 Å². The van der Waals surface area contributed by atoms with E-state index in [2.05, 4.69) is 169 Å². The van der Waals surface area contributed by atoms with Gasteiger partial charge in [-0.2, -0.15) is 0 Å². The van der Waals surface area contributed by atoms with Gasteiger partial charge in [0.25, 0.3) is 0 Å². The van der Waals surface area contributed by atoms with E-state index in [4.69, 9.17) is 9.97 Å². The van der Waals surface area contributed by atoms with Crippen LogP contribution in [0.3, 0.4) is 0 Å². The molecule has 0 atom stereocenters. The average Bonchev–Trinajstić information content (AvgIpc) is 3.29. The summed E-state index contributed by atoms with van der Waals surface area (Å²) >= 11 is 0. The van der Waals surface area contributed by atoms with Gasteiger partial charge in [-0.15, -0.1) is 0 Å². The number of benzene rings is 6. The highest BCUT2D eigenvalue weighted by Gasteiger charge is 2.13. The molecule has 0 bridgehead atoms. The minimum atomic E-state index is 0.542. The molecule has 0 aliphatic carbocycles. The summed E-state index contributed by atoms with van der Waals surface area (Å²) in [7, 11) is 0. The number of rotatable bonds is 10. The van der Waals surface area contributed by atoms with E-state index in [-0.39, 0.29) is 0 Å². The van der Waals surface area contributed by atoms with Crippen LogP contribution in [0.25, 0.3) is 77.7 Å². The van der Waals surface area contributed by atoms with E-state index < -0.39 is 0 Å². The Hall–Kier alpha value is -7.30. The lowest BCUT2D eigenvalue weighted by Gasteiger charge is -2.14. The Morgan fingerprint density at radius 2 is 0.912 bits per heavy atom. The standard InChI is InChI=1S/C53H40N4/c1-2-37(45-19-11-15-38-13-3-5-17-46(38)45)35-44(48-20-12-16-39-14-4-6-18-47(39)48)31-32-53-56-51(42-27-23-40(24-28-42)49-21-7-9-33-54-49)36-52(57-53)43-29-25-41(26-30-43)50-22-8-10-34-55-50/h3-31,33-36H,2,32H2,1H3/b37-35+,44-31+. The maximum Gasteiger partial charge on any atom is 0.133 e. The quantitative estimate of drug-likeness (QED) is 0.131. The summed E-state index contributed by atoms with van der Waals surface area (Å²) in [5.41, 5.74) is 12.7. The zero-order valence-electron chi connectivity index (χ0n) is 31.8. The first-order valence-corrected chi connectivity index (χ1v) is 19.5. The molecule has 0 saturated heterocycles. The molecular weight excluding hydrogens is 693 g/mol. The summed E-state index contributed by atoms with van der Waals surface area (Å²) < 4.78 is 0. The van der Waals surface area contributed by atoms with Crippen molar-refractivity contribution < 1.29 is 0 Å². The molecule has 3 aromatic heterocycles. The van der Waals surface area contributed by atoms with Crippen LogP contribution in [0.2, 0.25) is 0 Å². The summed E-state index contributed by atoms with van der Waals surface area (Å²) in [6, 6.07) is 61.5. The van der Waals surface area contributed by atoms with Gasteiger partial charge in [0.1, 0.15) is 5.82 Å². The number of hydrogen-bond acceptors (Lipinski definition) is 4. The lowest BCUT2D eigenvalue weighted by Crippen LogP contribution is -2.00. The first-order valence-electron chi connectivity index (χ1n) is 19.5. The van der Waals surface area contributed by atoms with Gasteiger partial charge in [0.15, 0.2) is 0 Å². The van der Waals surface area contributed by atoms with E-state index in [0.29, 0.717) is 6.42 Å². The van der Waals surface area contributed by atoms with Crippen LogP contribution < -0.4 is 0 Å². The predicted molar refractivity (Wildman–Crippen MR) is 237 cm³/mol. The first kappa shape index (κ1) is 35.4. The number of aromatic nitrogens is 4. The summed E-state index contributed by atoms with van der Waals surface area (Å²) in [4.78, 5) is 19.5. The normalized spacial score (nSPS) is 11.9. The van der Waals surface area contributed by atoms with Gasteiger partial charge in [0.05, 0.1) is 22.8 Å². The second-order valence-electron chi connectivity index (χ2n) is 14.1. The molecule has 6 aromatic carbocycles. The Morgan fingerprint density at radius 1 is 0.456 bits per heavy atom. The smallest absolute Gasteiger partial charge is 0.133 e. The minimum absolute atomic E-state index is 0.542. The Labute approximate surface area is 333 Å². The van der Waals surface area contributed by atoms with Gasteiger partial charge in [-0.3, -0.25) is 9.97 Å². The third kappa shape index (κ3) is 7.67. The van der Waals surface area contributed by atoms with Gasteiger partial charge < -0.3 is 0 Å². The maximum atomic E-state index is 5.22. The van der Waals surface area contributed by atoms with Crippen molar-refractivity contribution in [3.8, 4) is 45.0 Å². The molecule has 272 valence electrons. The molecule has 4 heteroatoms. The summed E-state index contributed by atoms with van der Waals surface area (Å²) in [6.07, 6.45) is 9.76. The fourth-order valence-electron chi connectivity index (χ4n) is 7.56. The van der Waals surface area contributed by atoms with E-state index in [9.17, 15) is 0 Å². The molecule has 0 radical (unpaired) electrons. The number of fused-ring (bicyclic) bond motifs is 2. The van der Waals surface area contributed by atoms with E-state index in [1.54, 1.807) is 0 Å². The van der Waals surface area contributed by atoms with Crippen LogP contribution in [-0.2, 0) is 6.42 Å². The zero-order chi connectivity index (χ0) is 38.4. The van der Waals surface area contributed by atoms with E-state index >= 15 is 0 Å². The number of hydrogen-bond donors (Lipinski definition) is 0. The average molecular weight is 733 g/mol. The fraction of sp³-hybridized carbons (Fsp3) is 0.0566. The first-order chi connectivity index (χ1) is 28.2. The van der Waals surface area contributed by atoms with E-state index in [1.807, 2.05) is 48.8 Å². The third-order valence-corrected chi connectivity index (χ3v) is 10.5. The van der Waals surface area contributed by atoms with Crippen molar-refractivity contribution in [1.82, 2.24) is 19.9 Å². The van der Waals surface area contributed by atoms with Gasteiger partial charge in [-0.1, -0.05) is 165 Å². The van der Waals surface area contributed by atoms with Crippen LogP contribution in [0.1, 0.15) is 30.3 Å². The van der Waals surface area contributed by atoms with Gasteiger partial charge >= 0.3 is 0 Å². The Balaban J connectivity index is 1.16. The SMILES string of the molecule is CC/C(=C\C(=C/Cc1nc(-c2ccc(-c3ccccn3)cc2)cc(-c2ccc(-c3ccccn3)cc2)n1)c1cccc2ccccc12)c1cccc2ccccc12. The van der Waals surface area contributed by atoms with Gasteiger partial charge in [-0.25, -0.2) is 9.97 Å². The van der Waals surface area contributed by atoms with Crippen molar-refractivity contribution in [3.63, 3.8) is 0 Å². The molecule has 0 spiro atoms. The molecule has 0 aliphatic heterocycles. The molecule has 0 N–H and O–H groups in total. The number of nitrogens with zero attached hydrogens (tertiary/aromatic N) is 4. The summed E-state index contributed by atoms with van der Waals surface area (Å²) in [5, 5.41) is 4.92. The highest BCUT2D eigenvalue weighted by atomic mass is 14.9. The molecular formula is C53H40N4. The highest BCUT2D eigenvalue weighted by Crippen LogP contribution is 2.34. The number of allylic oxidation sites excluding steroid dienone is 4. The van der Waals surface area contributed by atoms with Crippen LogP contribution in [0.5, 0.6) is 0 Å². The van der Waals surface area contributed by atoms with Crippen LogP contribution >= 0.6 is 0 Å². The minimum Gasteiger partial charge on any atom is -0.256 e. The molecule has 0 unspecified atom stereocenters. The Bertz CT molecular complexity index is 2770. The molecule has 4 nitrogen and oxygen atoms in total. The third-order valence-electron chi connectivity index (χ3n) is 10.5. The van der Waals surface area contributed by atoms with Crippen molar-refractivity contribution in [2.45, 2.75) is 19.8 Å².